The third kappa shape index (κ3) is 4.62. The van der Waals surface area contributed by atoms with E-state index in [9.17, 15) is 18.0 Å². The molecule has 1 N–H and O–H groups in total. The van der Waals surface area contributed by atoms with Crippen molar-refractivity contribution in [3.8, 4) is 0 Å². The zero-order valence-electron chi connectivity index (χ0n) is 18.7. The Labute approximate surface area is 202 Å². The van der Waals surface area contributed by atoms with E-state index in [4.69, 9.17) is 11.6 Å². The number of hydrogen-bond donors (Lipinski definition) is 1. The molecule has 0 radical (unpaired) electrons. The summed E-state index contributed by atoms with van der Waals surface area (Å²) in [5.74, 6) is -0.385. The maximum atomic E-state index is 13.4. The minimum atomic E-state index is -4.10. The molecule has 1 heterocycles. The van der Waals surface area contributed by atoms with E-state index in [1.807, 2.05) is 13.8 Å². The van der Waals surface area contributed by atoms with Crippen molar-refractivity contribution in [2.24, 2.45) is 0 Å². The molecule has 0 aliphatic heterocycles. The Morgan fingerprint density at radius 3 is 2.41 bits per heavy atom. The van der Waals surface area contributed by atoms with Crippen LogP contribution in [0.3, 0.4) is 0 Å². The summed E-state index contributed by atoms with van der Waals surface area (Å²) in [6, 6.07) is 18.3. The van der Waals surface area contributed by atoms with E-state index in [0.29, 0.717) is 16.2 Å². The molecule has 0 atom stereocenters. The highest BCUT2D eigenvalue weighted by atomic mass is 35.5. The fourth-order valence-corrected chi connectivity index (χ4v) is 5.25. The fourth-order valence-electron chi connectivity index (χ4n) is 3.70. The molecule has 0 fully saturated rings. The Hall–Kier alpha value is -3.42. The summed E-state index contributed by atoms with van der Waals surface area (Å²) in [5.41, 5.74) is 2.26. The highest BCUT2D eigenvalue weighted by Gasteiger charge is 2.24. The molecule has 1 aromatic heterocycles. The Morgan fingerprint density at radius 2 is 1.74 bits per heavy atom. The van der Waals surface area contributed by atoms with Crippen molar-refractivity contribution in [1.82, 2.24) is 4.57 Å². The van der Waals surface area contributed by atoms with Gasteiger partial charge in [-0.25, -0.2) is 8.42 Å². The standard InChI is InChI=1S/C26H23ClN2O4S/c1-3-18-9-12-20(13-10-18)34(32,33)24-15-29(23-7-5-4-6-21(23)26(24)31)16-25(30)28-19-11-8-17(2)22(27)14-19/h4-15H,3,16H2,1-2H3,(H,28,30). The lowest BCUT2D eigenvalue weighted by Gasteiger charge is -2.14. The zero-order valence-corrected chi connectivity index (χ0v) is 20.3. The van der Waals surface area contributed by atoms with Gasteiger partial charge in [-0.3, -0.25) is 9.59 Å². The lowest BCUT2D eigenvalue weighted by molar-refractivity contribution is -0.116. The Morgan fingerprint density at radius 1 is 1.03 bits per heavy atom. The van der Waals surface area contributed by atoms with E-state index in [1.165, 1.54) is 22.9 Å². The predicted octanol–water partition coefficient (Wildman–Crippen LogP) is 5.00. The number of aromatic nitrogens is 1. The van der Waals surface area contributed by atoms with Crippen molar-refractivity contribution >= 4 is 43.9 Å². The average molecular weight is 495 g/mol. The quantitative estimate of drug-likeness (QED) is 0.409. The van der Waals surface area contributed by atoms with Crippen molar-refractivity contribution in [3.63, 3.8) is 0 Å². The van der Waals surface area contributed by atoms with E-state index in [1.54, 1.807) is 54.6 Å². The van der Waals surface area contributed by atoms with Gasteiger partial charge in [0.2, 0.25) is 21.2 Å². The van der Waals surface area contributed by atoms with Gasteiger partial charge >= 0.3 is 0 Å². The van der Waals surface area contributed by atoms with Crippen LogP contribution >= 0.6 is 11.6 Å². The monoisotopic (exact) mass is 494 g/mol. The van der Waals surface area contributed by atoms with Gasteiger partial charge in [-0.15, -0.1) is 0 Å². The summed E-state index contributed by atoms with van der Waals surface area (Å²) < 4.78 is 28.2. The number of benzene rings is 3. The molecule has 1 amide bonds. The van der Waals surface area contributed by atoms with Crippen LogP contribution < -0.4 is 10.7 Å². The van der Waals surface area contributed by atoms with Crippen LogP contribution in [0.2, 0.25) is 5.02 Å². The molecule has 4 aromatic rings. The van der Waals surface area contributed by atoms with Crippen LogP contribution in [0.1, 0.15) is 18.1 Å². The van der Waals surface area contributed by atoms with Crippen LogP contribution in [0.5, 0.6) is 0 Å². The van der Waals surface area contributed by atoms with Crippen LogP contribution in [0.15, 0.2) is 87.5 Å². The van der Waals surface area contributed by atoms with Gasteiger partial charge in [0.1, 0.15) is 11.4 Å². The Kier molecular flexibility index (Phi) is 6.59. The molecule has 4 rings (SSSR count). The van der Waals surface area contributed by atoms with Crippen molar-refractivity contribution in [2.45, 2.75) is 36.6 Å². The smallest absolute Gasteiger partial charge is 0.244 e. The normalized spacial score (nSPS) is 11.5. The highest BCUT2D eigenvalue weighted by Crippen LogP contribution is 2.23. The number of para-hydroxylation sites is 1. The maximum Gasteiger partial charge on any atom is 0.244 e. The van der Waals surface area contributed by atoms with Gasteiger partial charge in [0.05, 0.1) is 10.4 Å². The number of sulfone groups is 1. The first-order valence-corrected chi connectivity index (χ1v) is 12.6. The van der Waals surface area contributed by atoms with Crippen molar-refractivity contribution < 1.29 is 13.2 Å². The lowest BCUT2D eigenvalue weighted by Crippen LogP contribution is -2.24. The highest BCUT2D eigenvalue weighted by molar-refractivity contribution is 7.91. The van der Waals surface area contributed by atoms with E-state index in [2.05, 4.69) is 5.32 Å². The maximum absolute atomic E-state index is 13.4. The van der Waals surface area contributed by atoms with Crippen LogP contribution in [-0.4, -0.2) is 18.9 Å². The molecule has 174 valence electrons. The van der Waals surface area contributed by atoms with Gasteiger partial charge in [0, 0.05) is 22.3 Å². The molecule has 34 heavy (non-hydrogen) atoms. The number of anilines is 1. The second-order valence-electron chi connectivity index (χ2n) is 7.98. The summed E-state index contributed by atoms with van der Waals surface area (Å²) in [6.45, 7) is 3.64. The topological polar surface area (TPSA) is 85.2 Å². The third-order valence-corrected chi connectivity index (χ3v) is 7.83. The number of rotatable bonds is 6. The molecule has 0 unspecified atom stereocenters. The second kappa shape index (κ2) is 9.44. The molecule has 0 bridgehead atoms. The fraction of sp³-hybridized carbons (Fsp3) is 0.154. The second-order valence-corrected chi connectivity index (χ2v) is 10.3. The zero-order chi connectivity index (χ0) is 24.5. The SMILES string of the molecule is CCc1ccc(S(=O)(=O)c2cn(CC(=O)Nc3ccc(C)c(Cl)c3)c3ccccc3c2=O)cc1. The van der Waals surface area contributed by atoms with Crippen molar-refractivity contribution in [2.75, 3.05) is 5.32 Å². The number of nitrogens with zero attached hydrogens (tertiary/aromatic N) is 1. The molecule has 0 saturated heterocycles. The van der Waals surface area contributed by atoms with E-state index < -0.39 is 15.3 Å². The van der Waals surface area contributed by atoms with Gasteiger partial charge in [-0.05, 0) is 60.9 Å². The number of pyridine rings is 1. The van der Waals surface area contributed by atoms with E-state index in [-0.39, 0.29) is 27.6 Å². The number of halogens is 1. The first-order valence-electron chi connectivity index (χ1n) is 10.7. The number of fused-ring (bicyclic) bond motifs is 1. The number of carbonyl (C=O) groups is 1. The van der Waals surface area contributed by atoms with Crippen molar-refractivity contribution in [3.05, 3.63) is 99.3 Å². The van der Waals surface area contributed by atoms with Gasteiger partial charge < -0.3 is 9.88 Å². The minimum Gasteiger partial charge on any atom is -0.336 e. The largest absolute Gasteiger partial charge is 0.336 e. The average Bonchev–Trinajstić information content (AvgIpc) is 2.83. The third-order valence-electron chi connectivity index (χ3n) is 5.66. The molecule has 6 nitrogen and oxygen atoms in total. The van der Waals surface area contributed by atoms with Gasteiger partial charge in [0.15, 0.2) is 0 Å². The summed E-state index contributed by atoms with van der Waals surface area (Å²) in [5, 5.41) is 3.51. The van der Waals surface area contributed by atoms with E-state index >= 15 is 0 Å². The first-order chi connectivity index (χ1) is 16.2. The molecule has 8 heteroatoms. The predicted molar refractivity (Wildman–Crippen MR) is 134 cm³/mol. The van der Waals surface area contributed by atoms with Crippen LogP contribution in [-0.2, 0) is 27.6 Å². The molecule has 0 saturated carbocycles. The lowest BCUT2D eigenvalue weighted by atomic mass is 10.2. The van der Waals surface area contributed by atoms with Crippen molar-refractivity contribution in [1.29, 1.82) is 0 Å². The Bertz CT molecular complexity index is 1560. The molecule has 0 spiro atoms. The van der Waals surface area contributed by atoms with Crippen LogP contribution in [0, 0.1) is 6.92 Å². The molecule has 0 aliphatic carbocycles. The number of hydrogen-bond acceptors (Lipinski definition) is 4. The minimum absolute atomic E-state index is 0.0300. The number of amides is 1. The summed E-state index contributed by atoms with van der Waals surface area (Å²) in [6.07, 6.45) is 2.01. The van der Waals surface area contributed by atoms with Gasteiger partial charge in [-0.2, -0.15) is 0 Å². The summed E-state index contributed by atoms with van der Waals surface area (Å²) >= 11 is 6.14. The molecule has 3 aromatic carbocycles. The van der Waals surface area contributed by atoms with E-state index in [0.717, 1.165) is 17.5 Å². The first kappa shape index (κ1) is 23.7. The molecular formula is C26H23ClN2O4S. The van der Waals surface area contributed by atoms with Gasteiger partial charge in [-0.1, -0.05) is 48.9 Å². The number of carbonyl (C=O) groups excluding carboxylic acids is 1. The number of nitrogens with one attached hydrogen (secondary N) is 1. The summed E-state index contributed by atoms with van der Waals surface area (Å²) in [7, 11) is -4.10. The number of aryl methyl sites for hydroxylation is 2. The molecular weight excluding hydrogens is 472 g/mol. The van der Waals surface area contributed by atoms with Gasteiger partial charge in [0.25, 0.3) is 0 Å². The van der Waals surface area contributed by atoms with Crippen LogP contribution in [0.4, 0.5) is 5.69 Å². The van der Waals surface area contributed by atoms with Crippen LogP contribution in [0.25, 0.3) is 10.9 Å². The Balaban J connectivity index is 1.76. The molecule has 0 aliphatic rings. The summed E-state index contributed by atoms with van der Waals surface area (Å²) in [4.78, 5) is 25.6.